The first kappa shape index (κ1) is 23.1. The van der Waals surface area contributed by atoms with Crippen molar-refractivity contribution in [2.45, 2.75) is 50.2 Å². The Morgan fingerprint density at radius 3 is 2.64 bits per heavy atom. The van der Waals surface area contributed by atoms with Crippen LogP contribution in [0, 0.1) is 0 Å². The summed E-state index contributed by atoms with van der Waals surface area (Å²) in [5.41, 5.74) is 0.758. The number of carbonyl (C=O) groups is 2. The molecule has 2 aromatic rings. The van der Waals surface area contributed by atoms with Gasteiger partial charge in [-0.1, -0.05) is 30.3 Å². The van der Waals surface area contributed by atoms with Gasteiger partial charge in [0.15, 0.2) is 0 Å². The fourth-order valence-corrected chi connectivity index (χ4v) is 5.15. The SMILES string of the molecule is COc1ccc([C@@H]2C[C@]3(C)NC(=O)CCC[C@@H]3N2CC(=O)NCCOc2ccccc2)cc1. The van der Waals surface area contributed by atoms with E-state index in [0.717, 1.165) is 36.3 Å². The van der Waals surface area contributed by atoms with E-state index in [2.05, 4.69) is 34.6 Å². The maximum Gasteiger partial charge on any atom is 0.234 e. The predicted molar refractivity (Wildman–Crippen MR) is 126 cm³/mol. The van der Waals surface area contributed by atoms with Gasteiger partial charge in [0.05, 0.1) is 25.7 Å². The highest BCUT2D eigenvalue weighted by Gasteiger charge is 2.51. The topological polar surface area (TPSA) is 79.9 Å². The lowest BCUT2D eigenvalue weighted by Gasteiger charge is -2.34. The number of ether oxygens (including phenoxy) is 2. The van der Waals surface area contributed by atoms with Crippen LogP contribution in [0.25, 0.3) is 0 Å². The number of fused-ring (bicyclic) bond motifs is 1. The van der Waals surface area contributed by atoms with Crippen LogP contribution in [-0.2, 0) is 9.59 Å². The minimum Gasteiger partial charge on any atom is -0.497 e. The van der Waals surface area contributed by atoms with Crippen LogP contribution in [0.3, 0.4) is 0 Å². The number of benzene rings is 2. The molecule has 2 aromatic carbocycles. The zero-order valence-electron chi connectivity index (χ0n) is 19.4. The Hall–Kier alpha value is -3.06. The van der Waals surface area contributed by atoms with Gasteiger partial charge in [0.1, 0.15) is 18.1 Å². The number of methoxy groups -OCH3 is 1. The first-order valence-corrected chi connectivity index (χ1v) is 11.6. The number of para-hydroxylation sites is 1. The molecular formula is C26H33N3O4. The number of amides is 2. The number of hydrogen-bond acceptors (Lipinski definition) is 5. The van der Waals surface area contributed by atoms with Crippen molar-refractivity contribution in [3.05, 3.63) is 60.2 Å². The fourth-order valence-electron chi connectivity index (χ4n) is 5.15. The molecule has 0 aromatic heterocycles. The zero-order chi connectivity index (χ0) is 23.3. The fraction of sp³-hybridized carbons (Fsp3) is 0.462. The lowest BCUT2D eigenvalue weighted by molar-refractivity contribution is -0.123. The summed E-state index contributed by atoms with van der Waals surface area (Å²) in [5.74, 6) is 1.65. The van der Waals surface area contributed by atoms with Crippen LogP contribution in [0.4, 0.5) is 0 Å². The van der Waals surface area contributed by atoms with Crippen molar-refractivity contribution in [2.24, 2.45) is 0 Å². The molecular weight excluding hydrogens is 418 g/mol. The van der Waals surface area contributed by atoms with Gasteiger partial charge < -0.3 is 20.1 Å². The average Bonchev–Trinajstić information content (AvgIpc) is 2.98. The largest absolute Gasteiger partial charge is 0.497 e. The lowest BCUT2D eigenvalue weighted by atomic mass is 9.88. The van der Waals surface area contributed by atoms with Crippen molar-refractivity contribution in [2.75, 3.05) is 26.8 Å². The molecule has 3 atom stereocenters. The van der Waals surface area contributed by atoms with E-state index in [0.29, 0.717) is 19.6 Å². The summed E-state index contributed by atoms with van der Waals surface area (Å²) in [6.07, 6.45) is 3.01. The Labute approximate surface area is 195 Å². The lowest BCUT2D eigenvalue weighted by Crippen LogP contribution is -2.54. The van der Waals surface area contributed by atoms with Crippen LogP contribution in [-0.4, -0.2) is 55.1 Å². The molecule has 4 rings (SSSR count). The standard InChI is InChI=1S/C26H33N3O4/c1-26-17-22(19-11-13-20(32-2)14-12-19)29(23(26)9-6-10-24(30)28-26)18-25(31)27-15-16-33-21-7-4-3-5-8-21/h3-5,7-8,11-14,22-23H,6,9-10,15-18H2,1-2H3,(H,27,31)(H,28,30)/t22-,23-,26-/m0/s1. The van der Waals surface area contributed by atoms with Gasteiger partial charge in [0.25, 0.3) is 0 Å². The predicted octanol–water partition coefficient (Wildman–Crippen LogP) is 3.06. The quantitative estimate of drug-likeness (QED) is 0.603. The third-order valence-corrected chi connectivity index (χ3v) is 6.72. The van der Waals surface area contributed by atoms with E-state index >= 15 is 0 Å². The molecule has 2 saturated heterocycles. The van der Waals surface area contributed by atoms with Gasteiger partial charge in [0.2, 0.25) is 11.8 Å². The highest BCUT2D eigenvalue weighted by Crippen LogP contribution is 2.45. The van der Waals surface area contributed by atoms with E-state index in [-0.39, 0.29) is 36.0 Å². The van der Waals surface area contributed by atoms with Crippen molar-refractivity contribution in [1.82, 2.24) is 15.5 Å². The first-order valence-electron chi connectivity index (χ1n) is 11.6. The van der Waals surface area contributed by atoms with Crippen molar-refractivity contribution in [3.8, 4) is 11.5 Å². The Kier molecular flexibility index (Phi) is 7.18. The van der Waals surface area contributed by atoms with Gasteiger partial charge in [-0.2, -0.15) is 0 Å². The molecule has 176 valence electrons. The second-order valence-corrected chi connectivity index (χ2v) is 9.05. The Balaban J connectivity index is 1.44. The summed E-state index contributed by atoms with van der Waals surface area (Å²) in [7, 11) is 1.65. The van der Waals surface area contributed by atoms with E-state index in [1.165, 1.54) is 0 Å². The third-order valence-electron chi connectivity index (χ3n) is 6.72. The third kappa shape index (κ3) is 5.47. The van der Waals surface area contributed by atoms with Crippen LogP contribution in [0.5, 0.6) is 11.5 Å². The van der Waals surface area contributed by atoms with Crippen LogP contribution in [0.15, 0.2) is 54.6 Å². The van der Waals surface area contributed by atoms with Crippen LogP contribution < -0.4 is 20.1 Å². The Morgan fingerprint density at radius 1 is 1.15 bits per heavy atom. The summed E-state index contributed by atoms with van der Waals surface area (Å²) in [6, 6.07) is 17.7. The van der Waals surface area contributed by atoms with E-state index in [9.17, 15) is 9.59 Å². The molecule has 7 heteroatoms. The number of rotatable bonds is 8. The number of likely N-dealkylation sites (tertiary alicyclic amines) is 1. The smallest absolute Gasteiger partial charge is 0.234 e. The molecule has 2 aliphatic heterocycles. The van der Waals surface area contributed by atoms with Crippen LogP contribution in [0.1, 0.15) is 44.2 Å². The molecule has 2 fully saturated rings. The maximum atomic E-state index is 12.9. The monoisotopic (exact) mass is 451 g/mol. The highest BCUT2D eigenvalue weighted by molar-refractivity contribution is 5.79. The molecule has 0 spiro atoms. The summed E-state index contributed by atoms with van der Waals surface area (Å²) >= 11 is 0. The second kappa shape index (κ2) is 10.3. The normalized spacial score (nSPS) is 25.0. The molecule has 0 radical (unpaired) electrons. The molecule has 2 heterocycles. The van der Waals surface area contributed by atoms with E-state index in [1.807, 2.05) is 42.5 Å². The maximum absolute atomic E-state index is 12.9. The van der Waals surface area contributed by atoms with Gasteiger partial charge in [0, 0.05) is 18.5 Å². The summed E-state index contributed by atoms with van der Waals surface area (Å²) in [5, 5.41) is 6.25. The molecule has 0 unspecified atom stereocenters. The first-order chi connectivity index (χ1) is 16.0. The van der Waals surface area contributed by atoms with Crippen molar-refractivity contribution >= 4 is 11.8 Å². The number of carbonyl (C=O) groups excluding carboxylic acids is 2. The molecule has 0 saturated carbocycles. The summed E-state index contributed by atoms with van der Waals surface area (Å²) in [4.78, 5) is 27.5. The summed E-state index contributed by atoms with van der Waals surface area (Å²) < 4.78 is 11.0. The minimum absolute atomic E-state index is 0.0370. The molecule has 2 aliphatic rings. The molecule has 33 heavy (non-hydrogen) atoms. The van der Waals surface area contributed by atoms with E-state index < -0.39 is 0 Å². The van der Waals surface area contributed by atoms with Crippen LogP contribution in [0.2, 0.25) is 0 Å². The number of nitrogens with one attached hydrogen (secondary N) is 2. The molecule has 2 N–H and O–H groups in total. The minimum atomic E-state index is -0.366. The van der Waals surface area contributed by atoms with Gasteiger partial charge in [-0.05, 0) is 56.0 Å². The van der Waals surface area contributed by atoms with Gasteiger partial charge >= 0.3 is 0 Å². The van der Waals surface area contributed by atoms with Gasteiger partial charge in [-0.25, -0.2) is 0 Å². The van der Waals surface area contributed by atoms with E-state index in [4.69, 9.17) is 9.47 Å². The zero-order valence-corrected chi connectivity index (χ0v) is 19.4. The van der Waals surface area contributed by atoms with Crippen molar-refractivity contribution in [3.63, 3.8) is 0 Å². The van der Waals surface area contributed by atoms with Gasteiger partial charge in [-0.3, -0.25) is 14.5 Å². The van der Waals surface area contributed by atoms with Gasteiger partial charge in [-0.15, -0.1) is 0 Å². The van der Waals surface area contributed by atoms with Crippen LogP contribution >= 0.6 is 0 Å². The Bertz CT molecular complexity index is 950. The molecule has 2 amide bonds. The molecule has 7 nitrogen and oxygen atoms in total. The molecule has 0 bridgehead atoms. The molecule has 0 aliphatic carbocycles. The number of hydrogen-bond donors (Lipinski definition) is 2. The second-order valence-electron chi connectivity index (χ2n) is 9.05. The highest BCUT2D eigenvalue weighted by atomic mass is 16.5. The average molecular weight is 452 g/mol. The summed E-state index contributed by atoms with van der Waals surface area (Å²) in [6.45, 7) is 3.24. The number of nitrogens with zero attached hydrogens (tertiary/aromatic N) is 1. The van der Waals surface area contributed by atoms with Crippen molar-refractivity contribution < 1.29 is 19.1 Å². The van der Waals surface area contributed by atoms with Crippen molar-refractivity contribution in [1.29, 1.82) is 0 Å². The van der Waals surface area contributed by atoms with E-state index in [1.54, 1.807) is 7.11 Å². The Morgan fingerprint density at radius 2 is 1.91 bits per heavy atom.